The number of thiophene rings is 1. The molecule has 9 heteroatoms. The van der Waals surface area contributed by atoms with Gasteiger partial charge in [0.25, 0.3) is 5.91 Å². The summed E-state index contributed by atoms with van der Waals surface area (Å²) in [5.74, 6) is 0.762. The molecule has 3 heterocycles. The van der Waals surface area contributed by atoms with Crippen LogP contribution < -0.4 is 5.32 Å². The molecule has 0 bridgehead atoms. The largest absolute Gasteiger partial charge is 0.350 e. The Morgan fingerprint density at radius 2 is 1.81 bits per heavy atom. The number of aryl methyl sites for hydroxylation is 3. The van der Waals surface area contributed by atoms with Gasteiger partial charge in [0, 0.05) is 21.3 Å². The van der Waals surface area contributed by atoms with Crippen molar-refractivity contribution >= 4 is 45.5 Å². The highest BCUT2D eigenvalue weighted by Gasteiger charge is 2.24. The molecule has 5 rings (SSSR count). The van der Waals surface area contributed by atoms with Crippen molar-refractivity contribution in [3.8, 4) is 5.00 Å². The zero-order valence-corrected chi connectivity index (χ0v) is 21.6. The van der Waals surface area contributed by atoms with E-state index in [1.54, 1.807) is 24.3 Å². The van der Waals surface area contributed by atoms with Gasteiger partial charge in [-0.3, -0.25) is 14.2 Å². The Hall–Kier alpha value is -3.75. The average Bonchev–Trinajstić information content (AvgIpc) is 3.57. The first kappa shape index (κ1) is 24.0. The smallest absolute Gasteiger partial charge is 0.268 e. The van der Waals surface area contributed by atoms with Crippen LogP contribution in [-0.2, 0) is 13.0 Å². The third-order valence-corrected chi connectivity index (χ3v) is 7.76. The zero-order valence-electron chi connectivity index (χ0n) is 20.1. The molecule has 0 atom stereocenters. The Bertz CT molecular complexity index is 1610. The molecule has 7 nitrogen and oxygen atoms in total. The molecule has 2 aromatic carbocycles. The van der Waals surface area contributed by atoms with Gasteiger partial charge in [-0.2, -0.15) is 0 Å². The number of nitrogens with one attached hydrogen (secondary N) is 2. The molecule has 0 radical (unpaired) electrons. The Kier molecular flexibility index (Phi) is 6.47. The number of amides is 1. The standard InChI is InChI=1S/C27H24ClN5O2S/c1-4-17-13-20(25(34)19-10-5-7-11-21(19)28)27(36-17)33-16(3)31-32-23(33)14-29-26(35)24-15(2)18-9-6-8-12-22(18)30-24/h5-13,30H,4,14H2,1-3H3,(H,29,35). The molecule has 0 aliphatic heterocycles. The van der Waals surface area contributed by atoms with Gasteiger partial charge in [0.1, 0.15) is 16.5 Å². The van der Waals surface area contributed by atoms with Crippen LogP contribution >= 0.6 is 22.9 Å². The summed E-state index contributed by atoms with van der Waals surface area (Å²) >= 11 is 7.85. The van der Waals surface area contributed by atoms with Crippen molar-refractivity contribution in [2.24, 2.45) is 0 Å². The Morgan fingerprint density at radius 3 is 2.56 bits per heavy atom. The van der Waals surface area contributed by atoms with Gasteiger partial charge in [-0.15, -0.1) is 21.5 Å². The lowest BCUT2D eigenvalue weighted by molar-refractivity contribution is 0.0944. The molecular weight excluding hydrogens is 494 g/mol. The lowest BCUT2D eigenvalue weighted by Crippen LogP contribution is -2.25. The molecule has 0 fully saturated rings. The number of aromatic amines is 1. The predicted molar refractivity (Wildman–Crippen MR) is 142 cm³/mol. The topological polar surface area (TPSA) is 92.7 Å². The van der Waals surface area contributed by atoms with E-state index in [4.69, 9.17) is 11.6 Å². The van der Waals surface area contributed by atoms with Gasteiger partial charge in [0.05, 0.1) is 17.1 Å². The van der Waals surface area contributed by atoms with Gasteiger partial charge >= 0.3 is 0 Å². The summed E-state index contributed by atoms with van der Waals surface area (Å²) in [6, 6.07) is 16.7. The monoisotopic (exact) mass is 517 g/mol. The maximum absolute atomic E-state index is 13.5. The molecule has 5 aromatic rings. The molecular formula is C27H24ClN5O2S. The van der Waals surface area contributed by atoms with E-state index in [0.717, 1.165) is 27.8 Å². The zero-order chi connectivity index (χ0) is 25.4. The summed E-state index contributed by atoms with van der Waals surface area (Å²) in [7, 11) is 0. The molecule has 36 heavy (non-hydrogen) atoms. The normalized spacial score (nSPS) is 11.2. The highest BCUT2D eigenvalue weighted by atomic mass is 35.5. The van der Waals surface area contributed by atoms with Gasteiger partial charge in [0.2, 0.25) is 0 Å². The molecule has 0 saturated carbocycles. The Morgan fingerprint density at radius 1 is 1.06 bits per heavy atom. The first-order valence-corrected chi connectivity index (χ1v) is 12.8. The maximum Gasteiger partial charge on any atom is 0.268 e. The van der Waals surface area contributed by atoms with Crippen LogP contribution in [0.5, 0.6) is 0 Å². The van der Waals surface area contributed by atoms with Crippen molar-refractivity contribution < 1.29 is 9.59 Å². The van der Waals surface area contributed by atoms with Crippen molar-refractivity contribution in [3.05, 3.63) is 98.5 Å². The molecule has 0 aliphatic carbocycles. The van der Waals surface area contributed by atoms with Crippen LogP contribution in [0.3, 0.4) is 0 Å². The van der Waals surface area contributed by atoms with Crippen molar-refractivity contribution in [1.29, 1.82) is 0 Å². The van der Waals surface area contributed by atoms with Gasteiger partial charge in [-0.1, -0.05) is 48.9 Å². The molecule has 3 aromatic heterocycles. The second kappa shape index (κ2) is 9.72. The van der Waals surface area contributed by atoms with Gasteiger partial charge in [-0.25, -0.2) is 0 Å². The quantitative estimate of drug-likeness (QED) is 0.267. The number of rotatable bonds is 7. The number of H-pyrrole nitrogens is 1. The van der Waals surface area contributed by atoms with Crippen molar-refractivity contribution in [3.63, 3.8) is 0 Å². The summed E-state index contributed by atoms with van der Waals surface area (Å²) in [6.45, 7) is 5.94. The number of benzene rings is 2. The fraction of sp³-hybridized carbons (Fsp3) is 0.185. The van der Waals surface area contributed by atoms with Crippen LogP contribution in [0.25, 0.3) is 15.9 Å². The third-order valence-electron chi connectivity index (χ3n) is 6.17. The Balaban J connectivity index is 1.47. The first-order valence-electron chi connectivity index (χ1n) is 11.6. The van der Waals surface area contributed by atoms with Crippen LogP contribution in [0, 0.1) is 13.8 Å². The number of nitrogens with zero attached hydrogens (tertiary/aromatic N) is 3. The fourth-order valence-electron chi connectivity index (χ4n) is 4.27. The fourth-order valence-corrected chi connectivity index (χ4v) is 5.65. The summed E-state index contributed by atoms with van der Waals surface area (Å²) in [5.41, 5.74) is 3.28. The van der Waals surface area contributed by atoms with Crippen molar-refractivity contribution in [2.45, 2.75) is 33.7 Å². The van der Waals surface area contributed by atoms with E-state index in [0.29, 0.717) is 38.5 Å². The van der Waals surface area contributed by atoms with Crippen LogP contribution in [-0.4, -0.2) is 31.4 Å². The van der Waals surface area contributed by atoms with E-state index >= 15 is 0 Å². The summed E-state index contributed by atoms with van der Waals surface area (Å²) < 4.78 is 1.84. The molecule has 182 valence electrons. The van der Waals surface area contributed by atoms with E-state index in [-0.39, 0.29) is 18.2 Å². The van der Waals surface area contributed by atoms with E-state index in [1.165, 1.54) is 11.3 Å². The van der Waals surface area contributed by atoms with E-state index < -0.39 is 0 Å². The number of hydrogen-bond acceptors (Lipinski definition) is 5. The molecule has 0 unspecified atom stereocenters. The van der Waals surface area contributed by atoms with Gasteiger partial charge < -0.3 is 10.3 Å². The molecule has 0 aliphatic rings. The van der Waals surface area contributed by atoms with Gasteiger partial charge in [0.15, 0.2) is 11.6 Å². The van der Waals surface area contributed by atoms with Crippen LogP contribution in [0.4, 0.5) is 0 Å². The number of aromatic nitrogens is 4. The number of carbonyl (C=O) groups is 2. The number of fused-ring (bicyclic) bond motifs is 1. The van der Waals surface area contributed by atoms with Crippen molar-refractivity contribution in [2.75, 3.05) is 0 Å². The lowest BCUT2D eigenvalue weighted by atomic mass is 10.0. The van der Waals surface area contributed by atoms with E-state index in [1.807, 2.05) is 55.7 Å². The van der Waals surface area contributed by atoms with E-state index in [9.17, 15) is 9.59 Å². The second-order valence-electron chi connectivity index (χ2n) is 8.45. The maximum atomic E-state index is 13.5. The minimum atomic E-state index is -0.233. The predicted octanol–water partition coefficient (Wildman–Crippen LogP) is 5.80. The number of carbonyl (C=O) groups excluding carboxylic acids is 2. The molecule has 1 amide bonds. The summed E-state index contributed by atoms with van der Waals surface area (Å²) in [4.78, 5) is 30.8. The number of hydrogen-bond donors (Lipinski definition) is 2. The van der Waals surface area contributed by atoms with Crippen LogP contribution in [0.15, 0.2) is 54.6 Å². The molecule has 0 spiro atoms. The summed E-state index contributed by atoms with van der Waals surface area (Å²) in [6.07, 6.45) is 0.778. The first-order chi connectivity index (χ1) is 17.4. The Labute approximate surface area is 217 Å². The average molecular weight is 518 g/mol. The van der Waals surface area contributed by atoms with Gasteiger partial charge in [-0.05, 0) is 50.1 Å². The second-order valence-corrected chi connectivity index (χ2v) is 9.97. The number of para-hydroxylation sites is 1. The lowest BCUT2D eigenvalue weighted by Gasteiger charge is -2.11. The number of halogens is 1. The van der Waals surface area contributed by atoms with Crippen LogP contribution in [0.2, 0.25) is 5.02 Å². The van der Waals surface area contributed by atoms with E-state index in [2.05, 4.69) is 20.5 Å². The minimum Gasteiger partial charge on any atom is -0.350 e. The number of ketones is 1. The SMILES string of the molecule is CCc1cc(C(=O)c2ccccc2Cl)c(-n2c(C)nnc2CNC(=O)c2[nH]c3ccccc3c2C)s1. The minimum absolute atomic E-state index is 0.146. The van der Waals surface area contributed by atoms with Crippen molar-refractivity contribution in [1.82, 2.24) is 25.1 Å². The molecule has 0 saturated heterocycles. The summed E-state index contributed by atoms with van der Waals surface area (Å²) in [5, 5.41) is 13.6. The molecule has 2 N–H and O–H groups in total. The highest BCUT2D eigenvalue weighted by Crippen LogP contribution is 2.32. The highest BCUT2D eigenvalue weighted by molar-refractivity contribution is 7.15. The van der Waals surface area contributed by atoms with Crippen LogP contribution in [0.1, 0.15) is 55.4 Å². The third kappa shape index (κ3) is 4.23.